The zero-order valence-corrected chi connectivity index (χ0v) is 27.7. The van der Waals surface area contributed by atoms with Gasteiger partial charge in [-0.3, -0.25) is 13.9 Å². The lowest BCUT2D eigenvalue weighted by Gasteiger charge is -2.34. The van der Waals surface area contributed by atoms with E-state index in [4.69, 9.17) is 11.6 Å². The van der Waals surface area contributed by atoms with Gasteiger partial charge in [-0.15, -0.1) is 0 Å². The van der Waals surface area contributed by atoms with Crippen LogP contribution in [0.4, 0.5) is 5.69 Å². The van der Waals surface area contributed by atoms with Gasteiger partial charge in [-0.2, -0.15) is 0 Å². The highest BCUT2D eigenvalue weighted by molar-refractivity contribution is 7.92. The maximum Gasteiger partial charge on any atom is 0.264 e. The summed E-state index contributed by atoms with van der Waals surface area (Å²) in [4.78, 5) is 29.9. The number of hydrogen-bond donors (Lipinski definition) is 1. The van der Waals surface area contributed by atoms with Crippen LogP contribution < -0.4 is 9.62 Å². The Morgan fingerprint density at radius 1 is 0.822 bits per heavy atom. The van der Waals surface area contributed by atoms with Gasteiger partial charge in [-0.25, -0.2) is 8.42 Å². The number of amides is 2. The summed E-state index contributed by atoms with van der Waals surface area (Å²) >= 11 is 6.15. The summed E-state index contributed by atoms with van der Waals surface area (Å²) in [5.41, 5.74) is 3.70. The van der Waals surface area contributed by atoms with Gasteiger partial charge in [-0.1, -0.05) is 104 Å². The summed E-state index contributed by atoms with van der Waals surface area (Å²) in [6.07, 6.45) is 0.249. The minimum Gasteiger partial charge on any atom is -0.354 e. The number of benzene rings is 4. The smallest absolute Gasteiger partial charge is 0.264 e. The molecule has 0 heterocycles. The van der Waals surface area contributed by atoms with E-state index < -0.39 is 28.5 Å². The van der Waals surface area contributed by atoms with Gasteiger partial charge in [0.15, 0.2) is 0 Å². The van der Waals surface area contributed by atoms with Gasteiger partial charge in [0.05, 0.1) is 10.6 Å². The number of anilines is 1. The van der Waals surface area contributed by atoms with E-state index in [2.05, 4.69) is 5.32 Å². The van der Waals surface area contributed by atoms with Gasteiger partial charge in [-0.05, 0) is 66.8 Å². The van der Waals surface area contributed by atoms with Crippen molar-refractivity contribution in [3.8, 4) is 0 Å². The van der Waals surface area contributed by atoms with Crippen LogP contribution in [0.25, 0.3) is 0 Å². The number of sulfonamides is 1. The second-order valence-corrected chi connectivity index (χ2v) is 13.9. The molecule has 0 aliphatic heterocycles. The van der Waals surface area contributed by atoms with Crippen LogP contribution in [0.3, 0.4) is 0 Å². The molecule has 7 nitrogen and oxygen atoms in total. The maximum atomic E-state index is 14.5. The lowest BCUT2D eigenvalue weighted by molar-refractivity contribution is -0.140. The molecule has 45 heavy (non-hydrogen) atoms. The lowest BCUT2D eigenvalue weighted by atomic mass is 10.0. The molecule has 0 radical (unpaired) electrons. The Morgan fingerprint density at radius 2 is 1.44 bits per heavy atom. The van der Waals surface area contributed by atoms with Crippen molar-refractivity contribution in [2.75, 3.05) is 17.4 Å². The molecule has 1 atom stereocenters. The van der Waals surface area contributed by atoms with Crippen LogP contribution in [0, 0.1) is 19.8 Å². The highest BCUT2D eigenvalue weighted by Crippen LogP contribution is 2.28. The number of carbonyl (C=O) groups is 2. The second kappa shape index (κ2) is 15.2. The highest BCUT2D eigenvalue weighted by Gasteiger charge is 2.35. The largest absolute Gasteiger partial charge is 0.354 e. The van der Waals surface area contributed by atoms with E-state index in [1.54, 1.807) is 48.5 Å². The SMILES string of the molecule is Cc1ccc(N(CC(=O)N(Cc2ccc(Cl)cc2)[C@@H](Cc2ccccc2)C(=O)NCC(C)C)S(=O)(=O)c2ccccc2)c(C)c1. The Balaban J connectivity index is 1.81. The van der Waals surface area contributed by atoms with Crippen molar-refractivity contribution in [3.63, 3.8) is 0 Å². The highest BCUT2D eigenvalue weighted by atomic mass is 35.5. The van der Waals surface area contributed by atoms with Crippen LogP contribution in [0.2, 0.25) is 5.02 Å². The monoisotopic (exact) mass is 645 g/mol. The van der Waals surface area contributed by atoms with Gasteiger partial charge in [0.1, 0.15) is 12.6 Å². The first-order valence-corrected chi connectivity index (χ1v) is 16.8. The average molecular weight is 646 g/mol. The van der Waals surface area contributed by atoms with Crippen LogP contribution in [-0.2, 0) is 32.6 Å². The molecule has 0 aromatic heterocycles. The van der Waals surface area contributed by atoms with E-state index in [1.165, 1.54) is 17.0 Å². The molecule has 4 aromatic carbocycles. The first-order valence-electron chi connectivity index (χ1n) is 15.0. The number of halogens is 1. The molecule has 0 saturated heterocycles. The Kier molecular flexibility index (Phi) is 11.4. The van der Waals surface area contributed by atoms with E-state index in [9.17, 15) is 18.0 Å². The zero-order chi connectivity index (χ0) is 32.6. The molecule has 4 rings (SSSR count). The average Bonchev–Trinajstić information content (AvgIpc) is 3.02. The van der Waals surface area contributed by atoms with E-state index in [1.807, 2.05) is 70.2 Å². The van der Waals surface area contributed by atoms with Crippen LogP contribution in [0.15, 0.2) is 108 Å². The zero-order valence-electron chi connectivity index (χ0n) is 26.1. The van der Waals surface area contributed by atoms with E-state index in [0.29, 0.717) is 22.8 Å². The minimum absolute atomic E-state index is 0.0672. The summed E-state index contributed by atoms with van der Waals surface area (Å²) in [5, 5.41) is 3.55. The predicted molar refractivity (Wildman–Crippen MR) is 181 cm³/mol. The summed E-state index contributed by atoms with van der Waals surface area (Å²) < 4.78 is 29.5. The van der Waals surface area contributed by atoms with Gasteiger partial charge in [0.25, 0.3) is 10.0 Å². The Morgan fingerprint density at radius 3 is 2.04 bits per heavy atom. The molecule has 236 valence electrons. The van der Waals surface area contributed by atoms with Crippen molar-refractivity contribution in [1.29, 1.82) is 0 Å². The molecule has 9 heteroatoms. The van der Waals surface area contributed by atoms with Crippen LogP contribution in [0.5, 0.6) is 0 Å². The molecule has 2 amide bonds. The second-order valence-electron chi connectivity index (χ2n) is 11.6. The summed E-state index contributed by atoms with van der Waals surface area (Å²) in [5.74, 6) is -0.619. The van der Waals surface area contributed by atoms with E-state index >= 15 is 0 Å². The Hall–Kier alpha value is -4.14. The quantitative estimate of drug-likeness (QED) is 0.178. The molecule has 0 aliphatic rings. The molecular weight excluding hydrogens is 606 g/mol. The van der Waals surface area contributed by atoms with Crippen molar-refractivity contribution in [2.45, 2.75) is 51.6 Å². The molecule has 0 spiro atoms. The minimum atomic E-state index is -4.15. The van der Waals surface area contributed by atoms with Gasteiger partial charge in [0.2, 0.25) is 11.8 Å². The molecule has 0 unspecified atom stereocenters. The topological polar surface area (TPSA) is 86.8 Å². The fourth-order valence-corrected chi connectivity index (χ4v) is 6.71. The Bertz CT molecular complexity index is 1700. The Labute approximate surface area is 271 Å². The van der Waals surface area contributed by atoms with E-state index in [-0.39, 0.29) is 29.7 Å². The molecule has 0 bridgehead atoms. The number of nitrogens with zero attached hydrogens (tertiary/aromatic N) is 2. The number of rotatable bonds is 13. The summed E-state index contributed by atoms with van der Waals surface area (Å²) in [6.45, 7) is 7.76. The first-order chi connectivity index (χ1) is 21.5. The van der Waals surface area contributed by atoms with Crippen LogP contribution >= 0.6 is 11.6 Å². The van der Waals surface area contributed by atoms with Crippen molar-refractivity contribution >= 4 is 39.1 Å². The third-order valence-electron chi connectivity index (χ3n) is 7.45. The van der Waals surface area contributed by atoms with Crippen molar-refractivity contribution in [3.05, 3.63) is 130 Å². The molecule has 0 aliphatic carbocycles. The fourth-order valence-electron chi connectivity index (χ4n) is 5.08. The molecule has 4 aromatic rings. The predicted octanol–water partition coefficient (Wildman–Crippen LogP) is 6.56. The third kappa shape index (κ3) is 8.96. The molecule has 1 N–H and O–H groups in total. The standard InChI is InChI=1S/C36H40ClN3O4S/c1-26(2)23-38-36(42)34(22-29-11-7-5-8-12-29)39(24-30-16-18-31(37)19-17-30)35(41)25-40(33-20-15-27(3)21-28(33)4)45(43,44)32-13-9-6-10-14-32/h5-21,26,34H,22-25H2,1-4H3,(H,38,42)/t34-/m0/s1. The molecular formula is C36H40ClN3O4S. The first kappa shape index (κ1) is 33.7. The van der Waals surface area contributed by atoms with Crippen LogP contribution in [0.1, 0.15) is 36.1 Å². The summed E-state index contributed by atoms with van der Waals surface area (Å²) in [7, 11) is -4.15. The van der Waals surface area contributed by atoms with E-state index in [0.717, 1.165) is 21.0 Å². The number of aryl methyl sites for hydroxylation is 2. The number of hydrogen-bond acceptors (Lipinski definition) is 4. The van der Waals surface area contributed by atoms with Gasteiger partial charge >= 0.3 is 0 Å². The summed E-state index contributed by atoms with van der Waals surface area (Å²) in [6, 6.07) is 29.1. The van der Waals surface area contributed by atoms with Crippen molar-refractivity contribution in [2.24, 2.45) is 5.92 Å². The van der Waals surface area contributed by atoms with Gasteiger partial charge < -0.3 is 10.2 Å². The van der Waals surface area contributed by atoms with Crippen LogP contribution in [-0.4, -0.2) is 44.3 Å². The van der Waals surface area contributed by atoms with Gasteiger partial charge in [0, 0.05) is 24.5 Å². The maximum absolute atomic E-state index is 14.5. The normalized spacial score (nSPS) is 12.0. The number of nitrogens with one attached hydrogen (secondary N) is 1. The van der Waals surface area contributed by atoms with Crippen molar-refractivity contribution < 1.29 is 18.0 Å². The molecule has 0 saturated carbocycles. The van der Waals surface area contributed by atoms with Crippen molar-refractivity contribution in [1.82, 2.24) is 10.2 Å². The third-order valence-corrected chi connectivity index (χ3v) is 9.48. The number of carbonyl (C=O) groups excluding carboxylic acids is 2. The lowest BCUT2D eigenvalue weighted by Crippen LogP contribution is -2.53. The molecule has 0 fully saturated rings. The fraction of sp³-hybridized carbons (Fsp3) is 0.278.